The highest BCUT2D eigenvalue weighted by molar-refractivity contribution is 6.62. The standard InChI is InChI=1S/C33H31BO3/c1-31(2)27-10-8-7-9-23(27)24-14-11-20(17-28(24)31)21-12-15-25-26-16-13-22(19-30(26)35-29(25)18-21)34-36-32(3,4)33(5,6)37-34/h7-19H,1-6H3. The van der Waals surface area contributed by atoms with Crippen LogP contribution in [0.25, 0.3) is 44.2 Å². The summed E-state index contributed by atoms with van der Waals surface area (Å²) in [6.45, 7) is 12.9. The van der Waals surface area contributed by atoms with E-state index in [0.717, 1.165) is 33.0 Å². The molecule has 1 aliphatic heterocycles. The highest BCUT2D eigenvalue weighted by atomic mass is 16.7. The van der Waals surface area contributed by atoms with Crippen molar-refractivity contribution in [3.05, 3.63) is 90.0 Å². The van der Waals surface area contributed by atoms with Crippen LogP contribution in [0.1, 0.15) is 52.7 Å². The summed E-state index contributed by atoms with van der Waals surface area (Å²) in [6.07, 6.45) is 0. The van der Waals surface area contributed by atoms with E-state index in [2.05, 4.69) is 120 Å². The first-order valence-corrected chi connectivity index (χ1v) is 13.1. The van der Waals surface area contributed by atoms with E-state index in [-0.39, 0.29) is 16.6 Å². The van der Waals surface area contributed by atoms with E-state index < -0.39 is 7.12 Å². The second kappa shape index (κ2) is 7.37. The van der Waals surface area contributed by atoms with Crippen LogP contribution in [0, 0.1) is 0 Å². The average molecular weight is 486 g/mol. The molecular weight excluding hydrogens is 455 g/mol. The lowest BCUT2D eigenvalue weighted by Gasteiger charge is -2.32. The highest BCUT2D eigenvalue weighted by Crippen LogP contribution is 2.49. The number of rotatable bonds is 2. The quantitative estimate of drug-likeness (QED) is 0.238. The van der Waals surface area contributed by atoms with Crippen LogP contribution < -0.4 is 5.46 Å². The Morgan fingerprint density at radius 1 is 0.568 bits per heavy atom. The number of hydrogen-bond acceptors (Lipinski definition) is 3. The third-order valence-corrected chi connectivity index (χ3v) is 8.94. The Morgan fingerprint density at radius 2 is 1.16 bits per heavy atom. The summed E-state index contributed by atoms with van der Waals surface area (Å²) in [5.74, 6) is 0. The molecule has 2 aliphatic rings. The maximum atomic E-state index is 6.39. The van der Waals surface area contributed by atoms with Crippen LogP contribution in [0.4, 0.5) is 0 Å². The predicted octanol–water partition coefficient (Wildman–Crippen LogP) is 7.86. The molecule has 3 nitrogen and oxygen atoms in total. The molecule has 0 N–H and O–H groups in total. The largest absolute Gasteiger partial charge is 0.494 e. The number of hydrogen-bond donors (Lipinski definition) is 0. The monoisotopic (exact) mass is 486 g/mol. The van der Waals surface area contributed by atoms with E-state index >= 15 is 0 Å². The average Bonchev–Trinajstić information content (AvgIpc) is 3.42. The van der Waals surface area contributed by atoms with Gasteiger partial charge in [-0.25, -0.2) is 0 Å². The molecule has 0 radical (unpaired) electrons. The van der Waals surface area contributed by atoms with Crippen LogP contribution in [-0.4, -0.2) is 18.3 Å². The van der Waals surface area contributed by atoms with Crippen molar-refractivity contribution < 1.29 is 13.7 Å². The fraction of sp³-hybridized carbons (Fsp3) is 0.273. The molecule has 2 heterocycles. The summed E-state index contributed by atoms with van der Waals surface area (Å²) in [5, 5.41) is 2.22. The molecule has 0 atom stereocenters. The Bertz CT molecular complexity index is 1710. The summed E-state index contributed by atoms with van der Waals surface area (Å²) in [7, 11) is -0.405. The minimum absolute atomic E-state index is 0.0185. The second-order valence-electron chi connectivity index (χ2n) is 12.1. The molecule has 37 heavy (non-hydrogen) atoms. The summed E-state index contributed by atoms with van der Waals surface area (Å²) in [4.78, 5) is 0. The first-order chi connectivity index (χ1) is 17.5. The van der Waals surface area contributed by atoms with Gasteiger partial charge >= 0.3 is 7.12 Å². The molecule has 4 heteroatoms. The summed E-state index contributed by atoms with van der Waals surface area (Å²) in [5.41, 5.74) is 9.78. The van der Waals surface area contributed by atoms with E-state index in [0.29, 0.717) is 0 Å². The van der Waals surface area contributed by atoms with Gasteiger partial charge in [0.1, 0.15) is 11.2 Å². The lowest BCUT2D eigenvalue weighted by atomic mass is 9.79. The van der Waals surface area contributed by atoms with Crippen molar-refractivity contribution in [2.45, 2.75) is 58.2 Å². The molecule has 184 valence electrons. The minimum Gasteiger partial charge on any atom is -0.456 e. The van der Waals surface area contributed by atoms with E-state index in [4.69, 9.17) is 13.7 Å². The summed E-state index contributed by atoms with van der Waals surface area (Å²) < 4.78 is 18.9. The molecule has 1 aromatic heterocycles. The molecule has 0 unspecified atom stereocenters. The van der Waals surface area contributed by atoms with Gasteiger partial charge in [0.05, 0.1) is 11.2 Å². The third-order valence-electron chi connectivity index (χ3n) is 8.94. The zero-order chi connectivity index (χ0) is 25.7. The van der Waals surface area contributed by atoms with Gasteiger partial charge in [0, 0.05) is 16.2 Å². The maximum Gasteiger partial charge on any atom is 0.494 e. The Hall–Kier alpha value is -3.34. The lowest BCUT2D eigenvalue weighted by Crippen LogP contribution is -2.41. The van der Waals surface area contributed by atoms with Gasteiger partial charge in [0.2, 0.25) is 0 Å². The van der Waals surface area contributed by atoms with Crippen molar-refractivity contribution in [3.63, 3.8) is 0 Å². The van der Waals surface area contributed by atoms with Crippen LogP contribution in [0.2, 0.25) is 0 Å². The van der Waals surface area contributed by atoms with E-state index in [1.54, 1.807) is 0 Å². The smallest absolute Gasteiger partial charge is 0.456 e. The molecule has 1 saturated heterocycles. The third kappa shape index (κ3) is 3.22. The molecule has 0 saturated carbocycles. The van der Waals surface area contributed by atoms with Crippen molar-refractivity contribution >= 4 is 34.5 Å². The van der Waals surface area contributed by atoms with Gasteiger partial charge in [-0.05, 0) is 90.8 Å². The zero-order valence-corrected chi connectivity index (χ0v) is 22.3. The Balaban J connectivity index is 1.27. The van der Waals surface area contributed by atoms with Gasteiger partial charge < -0.3 is 13.7 Å². The van der Waals surface area contributed by atoms with Gasteiger partial charge in [-0.1, -0.05) is 68.4 Å². The van der Waals surface area contributed by atoms with Crippen LogP contribution in [0.3, 0.4) is 0 Å². The molecule has 1 aliphatic carbocycles. The fourth-order valence-corrected chi connectivity index (χ4v) is 5.98. The van der Waals surface area contributed by atoms with Crippen LogP contribution in [-0.2, 0) is 14.7 Å². The Morgan fingerprint density at radius 3 is 1.92 bits per heavy atom. The molecule has 1 fully saturated rings. The molecule has 0 amide bonds. The van der Waals surface area contributed by atoms with Gasteiger partial charge in [0.15, 0.2) is 0 Å². The zero-order valence-electron chi connectivity index (χ0n) is 22.3. The van der Waals surface area contributed by atoms with E-state index in [1.165, 1.54) is 27.8 Å². The van der Waals surface area contributed by atoms with Crippen LogP contribution >= 0.6 is 0 Å². The lowest BCUT2D eigenvalue weighted by molar-refractivity contribution is 0.00578. The minimum atomic E-state index is -0.405. The maximum absolute atomic E-state index is 6.39. The highest BCUT2D eigenvalue weighted by Gasteiger charge is 2.51. The topological polar surface area (TPSA) is 31.6 Å². The van der Waals surface area contributed by atoms with Crippen molar-refractivity contribution in [3.8, 4) is 22.3 Å². The van der Waals surface area contributed by atoms with Crippen LogP contribution in [0.15, 0.2) is 83.3 Å². The Labute approximate surface area is 218 Å². The van der Waals surface area contributed by atoms with Crippen molar-refractivity contribution in [1.82, 2.24) is 0 Å². The van der Waals surface area contributed by atoms with Crippen molar-refractivity contribution in [2.75, 3.05) is 0 Å². The predicted molar refractivity (Wildman–Crippen MR) is 152 cm³/mol. The van der Waals surface area contributed by atoms with Crippen molar-refractivity contribution in [1.29, 1.82) is 0 Å². The number of fused-ring (bicyclic) bond motifs is 6. The molecule has 0 bridgehead atoms. The van der Waals surface area contributed by atoms with Gasteiger partial charge in [-0.15, -0.1) is 0 Å². The number of furan rings is 1. The molecule has 7 rings (SSSR count). The molecular formula is C33H31BO3. The first kappa shape index (κ1) is 22.8. The second-order valence-corrected chi connectivity index (χ2v) is 12.1. The normalized spacial score (nSPS) is 18.9. The first-order valence-electron chi connectivity index (χ1n) is 13.1. The van der Waals surface area contributed by atoms with E-state index in [1.807, 2.05) is 0 Å². The Kier molecular flexibility index (Phi) is 4.55. The van der Waals surface area contributed by atoms with Gasteiger partial charge in [-0.3, -0.25) is 0 Å². The van der Waals surface area contributed by atoms with Gasteiger partial charge in [-0.2, -0.15) is 0 Å². The van der Waals surface area contributed by atoms with Crippen LogP contribution in [0.5, 0.6) is 0 Å². The summed E-state index contributed by atoms with van der Waals surface area (Å²) >= 11 is 0. The fourth-order valence-electron chi connectivity index (χ4n) is 5.98. The summed E-state index contributed by atoms with van der Waals surface area (Å²) in [6, 6.07) is 28.5. The number of benzene rings is 4. The SMILES string of the molecule is CC1(C)c2ccccc2-c2ccc(-c3ccc4c(c3)oc3cc(B5OC(C)(C)C(C)(C)O5)ccc34)cc21. The van der Waals surface area contributed by atoms with Crippen molar-refractivity contribution in [2.24, 2.45) is 0 Å². The van der Waals surface area contributed by atoms with E-state index in [9.17, 15) is 0 Å². The molecule has 5 aromatic rings. The molecule has 0 spiro atoms. The van der Waals surface area contributed by atoms with Gasteiger partial charge in [0.25, 0.3) is 0 Å². The molecule has 4 aromatic carbocycles.